The SMILES string of the molecule is COC(=O)c1cc(F)c(-c2c(=O)ccn3c(-c4ccc(F)cc4F)cccc23)c(F)c1. The molecular weight excluding hydrogens is 414 g/mol. The molecule has 31 heavy (non-hydrogen) atoms. The molecule has 2 heterocycles. The van der Waals surface area contributed by atoms with Gasteiger partial charge in [0.05, 0.1) is 35.0 Å². The molecule has 0 aliphatic rings. The normalized spacial score (nSPS) is 11.0. The van der Waals surface area contributed by atoms with Crippen LogP contribution < -0.4 is 5.43 Å². The maximum atomic E-state index is 14.8. The maximum Gasteiger partial charge on any atom is 0.338 e. The van der Waals surface area contributed by atoms with Gasteiger partial charge in [-0.25, -0.2) is 22.4 Å². The minimum absolute atomic E-state index is 0.0311. The molecule has 2 aromatic heterocycles. The molecule has 0 saturated carbocycles. The molecule has 0 spiro atoms. The fourth-order valence-electron chi connectivity index (χ4n) is 3.45. The number of methoxy groups -OCH3 is 1. The zero-order chi connectivity index (χ0) is 22.3. The van der Waals surface area contributed by atoms with E-state index >= 15 is 0 Å². The summed E-state index contributed by atoms with van der Waals surface area (Å²) in [6, 6.07) is 10.1. The molecule has 0 fully saturated rings. The molecule has 0 aliphatic heterocycles. The highest BCUT2D eigenvalue weighted by Gasteiger charge is 2.22. The largest absolute Gasteiger partial charge is 0.465 e. The number of benzene rings is 2. The number of rotatable bonds is 3. The summed E-state index contributed by atoms with van der Waals surface area (Å²) in [6.07, 6.45) is 1.33. The van der Waals surface area contributed by atoms with Crippen LogP contribution in [0.5, 0.6) is 0 Å². The Morgan fingerprint density at radius 1 is 0.871 bits per heavy atom. The summed E-state index contributed by atoms with van der Waals surface area (Å²) in [5.41, 5.74) is -1.61. The Morgan fingerprint density at radius 2 is 1.58 bits per heavy atom. The first-order valence-corrected chi connectivity index (χ1v) is 8.99. The van der Waals surface area contributed by atoms with E-state index < -0.39 is 40.2 Å². The molecule has 4 rings (SSSR count). The molecule has 2 aromatic carbocycles. The number of aromatic nitrogens is 1. The number of ether oxygens (including phenoxy) is 1. The summed E-state index contributed by atoms with van der Waals surface area (Å²) in [6.45, 7) is 0. The van der Waals surface area contributed by atoms with Gasteiger partial charge in [-0.05, 0) is 36.4 Å². The van der Waals surface area contributed by atoms with Crippen molar-refractivity contribution in [1.29, 1.82) is 0 Å². The fourth-order valence-corrected chi connectivity index (χ4v) is 3.45. The Balaban J connectivity index is 2.02. The standard InChI is InChI=1S/C23H13F4NO3/c1-31-23(30)12-9-16(26)21(17(27)10-12)22-19-4-2-3-18(28(19)8-7-20(22)29)14-6-5-13(24)11-15(14)25/h2-11H,1H3. The molecule has 0 bridgehead atoms. The zero-order valence-electron chi connectivity index (χ0n) is 16.0. The van der Waals surface area contributed by atoms with Crippen LogP contribution in [0, 0.1) is 23.3 Å². The summed E-state index contributed by atoms with van der Waals surface area (Å²) >= 11 is 0. The van der Waals surface area contributed by atoms with Crippen molar-refractivity contribution in [3.05, 3.63) is 99.8 Å². The van der Waals surface area contributed by atoms with Crippen LogP contribution in [0.1, 0.15) is 10.4 Å². The number of carbonyl (C=O) groups excluding carboxylic acids is 1. The van der Waals surface area contributed by atoms with E-state index in [1.54, 1.807) is 0 Å². The lowest BCUT2D eigenvalue weighted by atomic mass is 10.00. The molecule has 0 atom stereocenters. The van der Waals surface area contributed by atoms with Crippen LogP contribution in [0.15, 0.2) is 65.6 Å². The molecule has 0 amide bonds. The second kappa shape index (κ2) is 7.71. The second-order valence-corrected chi connectivity index (χ2v) is 6.65. The molecule has 0 radical (unpaired) electrons. The van der Waals surface area contributed by atoms with Gasteiger partial charge < -0.3 is 9.14 Å². The van der Waals surface area contributed by atoms with Gasteiger partial charge in [-0.3, -0.25) is 4.79 Å². The van der Waals surface area contributed by atoms with Crippen LogP contribution in [0.4, 0.5) is 17.6 Å². The Bertz CT molecular complexity index is 1390. The van der Waals surface area contributed by atoms with Gasteiger partial charge in [0.1, 0.15) is 23.3 Å². The second-order valence-electron chi connectivity index (χ2n) is 6.65. The van der Waals surface area contributed by atoms with Gasteiger partial charge in [-0.1, -0.05) is 6.07 Å². The van der Waals surface area contributed by atoms with Crippen molar-refractivity contribution in [2.45, 2.75) is 0 Å². The molecule has 0 aliphatic carbocycles. The third-order valence-corrected chi connectivity index (χ3v) is 4.83. The molecule has 0 saturated heterocycles. The molecule has 0 unspecified atom stereocenters. The van der Waals surface area contributed by atoms with Crippen molar-refractivity contribution in [3.8, 4) is 22.4 Å². The smallest absolute Gasteiger partial charge is 0.338 e. The maximum absolute atomic E-state index is 14.8. The topological polar surface area (TPSA) is 47.8 Å². The lowest BCUT2D eigenvalue weighted by Crippen LogP contribution is -2.12. The van der Waals surface area contributed by atoms with Crippen molar-refractivity contribution >= 4 is 11.5 Å². The molecule has 4 aromatic rings. The summed E-state index contributed by atoms with van der Waals surface area (Å²) in [7, 11) is 1.07. The number of halogens is 4. The van der Waals surface area contributed by atoms with Crippen LogP contribution >= 0.6 is 0 Å². The molecule has 4 nitrogen and oxygen atoms in total. The van der Waals surface area contributed by atoms with Gasteiger partial charge in [0.15, 0.2) is 5.43 Å². The average molecular weight is 427 g/mol. The summed E-state index contributed by atoms with van der Waals surface area (Å²) in [5, 5.41) is 0. The van der Waals surface area contributed by atoms with Crippen LogP contribution in [0.3, 0.4) is 0 Å². The molecule has 0 N–H and O–H groups in total. The van der Waals surface area contributed by atoms with Gasteiger partial charge in [-0.2, -0.15) is 0 Å². The third kappa shape index (κ3) is 3.46. The number of hydrogen-bond acceptors (Lipinski definition) is 3. The van der Waals surface area contributed by atoms with E-state index in [0.717, 1.165) is 31.4 Å². The van der Waals surface area contributed by atoms with Crippen LogP contribution in [-0.4, -0.2) is 17.5 Å². The highest BCUT2D eigenvalue weighted by Crippen LogP contribution is 2.31. The number of fused-ring (bicyclic) bond motifs is 1. The first-order valence-electron chi connectivity index (χ1n) is 8.99. The Morgan fingerprint density at radius 3 is 2.23 bits per heavy atom. The van der Waals surface area contributed by atoms with E-state index in [1.807, 2.05) is 0 Å². The average Bonchev–Trinajstić information content (AvgIpc) is 2.73. The first kappa shape index (κ1) is 20.3. The minimum atomic E-state index is -1.14. The van der Waals surface area contributed by atoms with E-state index in [9.17, 15) is 27.2 Å². The quantitative estimate of drug-likeness (QED) is 0.342. The highest BCUT2D eigenvalue weighted by molar-refractivity contribution is 5.91. The van der Waals surface area contributed by atoms with Crippen molar-refractivity contribution in [1.82, 2.24) is 4.40 Å². The lowest BCUT2D eigenvalue weighted by Gasteiger charge is -2.14. The van der Waals surface area contributed by atoms with Crippen LogP contribution in [-0.2, 0) is 4.74 Å². The molecular formula is C23H13F4NO3. The van der Waals surface area contributed by atoms with E-state index in [2.05, 4.69) is 4.74 Å². The lowest BCUT2D eigenvalue weighted by molar-refractivity contribution is 0.0599. The molecule has 8 heteroatoms. The van der Waals surface area contributed by atoms with Crippen LogP contribution in [0.2, 0.25) is 0 Å². The number of carbonyl (C=O) groups is 1. The monoisotopic (exact) mass is 427 g/mol. The number of pyridine rings is 2. The predicted molar refractivity (Wildman–Crippen MR) is 106 cm³/mol. The molecule has 156 valence electrons. The Hall–Kier alpha value is -3.94. The summed E-state index contributed by atoms with van der Waals surface area (Å²) in [4.78, 5) is 24.2. The zero-order valence-corrected chi connectivity index (χ0v) is 16.0. The number of hydrogen-bond donors (Lipinski definition) is 0. The predicted octanol–water partition coefficient (Wildman–Crippen LogP) is 4.98. The van der Waals surface area contributed by atoms with Gasteiger partial charge in [-0.15, -0.1) is 0 Å². The van der Waals surface area contributed by atoms with E-state index in [0.29, 0.717) is 6.07 Å². The van der Waals surface area contributed by atoms with E-state index in [4.69, 9.17) is 0 Å². The van der Waals surface area contributed by atoms with Gasteiger partial charge in [0.25, 0.3) is 0 Å². The van der Waals surface area contributed by atoms with Gasteiger partial charge in [0, 0.05) is 23.9 Å². The van der Waals surface area contributed by atoms with Crippen molar-refractivity contribution in [2.75, 3.05) is 7.11 Å². The van der Waals surface area contributed by atoms with E-state index in [1.165, 1.54) is 34.9 Å². The van der Waals surface area contributed by atoms with E-state index in [-0.39, 0.29) is 27.9 Å². The fraction of sp³-hybridized carbons (Fsp3) is 0.0435. The van der Waals surface area contributed by atoms with Crippen LogP contribution in [0.25, 0.3) is 27.9 Å². The van der Waals surface area contributed by atoms with Crippen molar-refractivity contribution in [2.24, 2.45) is 0 Å². The number of esters is 1. The van der Waals surface area contributed by atoms with Crippen molar-refractivity contribution in [3.63, 3.8) is 0 Å². The number of nitrogens with zero attached hydrogens (tertiary/aromatic N) is 1. The Kier molecular flexibility index (Phi) is 5.06. The van der Waals surface area contributed by atoms with Crippen molar-refractivity contribution < 1.29 is 27.1 Å². The van der Waals surface area contributed by atoms with Gasteiger partial charge in [0.2, 0.25) is 0 Å². The summed E-state index contributed by atoms with van der Waals surface area (Å²) < 4.78 is 63.2. The van der Waals surface area contributed by atoms with Gasteiger partial charge >= 0.3 is 5.97 Å². The first-order chi connectivity index (χ1) is 14.8. The third-order valence-electron chi connectivity index (χ3n) is 4.83. The minimum Gasteiger partial charge on any atom is -0.465 e. The Labute approximate surface area is 173 Å². The highest BCUT2D eigenvalue weighted by atomic mass is 19.1. The summed E-state index contributed by atoms with van der Waals surface area (Å²) in [5.74, 6) is -4.81.